The minimum absolute atomic E-state index is 0.108. The number of hydrogen-bond acceptors (Lipinski definition) is 3. The molecule has 1 unspecified atom stereocenters. The molecule has 1 fully saturated rings. The molecule has 200 valence electrons. The lowest BCUT2D eigenvalue weighted by molar-refractivity contribution is -0.143. The van der Waals surface area contributed by atoms with Crippen LogP contribution in [0.25, 0.3) is 0 Å². The summed E-state index contributed by atoms with van der Waals surface area (Å²) in [6.45, 7) is 3.97. The van der Waals surface area contributed by atoms with Crippen LogP contribution >= 0.6 is 11.6 Å². The molecule has 1 atom stereocenters. The minimum atomic E-state index is -0.663. The fraction of sp³-hybridized carbons (Fsp3) is 0.375. The molecule has 0 spiro atoms. The van der Waals surface area contributed by atoms with Crippen molar-refractivity contribution in [1.29, 1.82) is 0 Å². The quantitative estimate of drug-likeness (QED) is 0.327. The fourth-order valence-electron chi connectivity index (χ4n) is 5.10. The van der Waals surface area contributed by atoms with E-state index >= 15 is 0 Å². The van der Waals surface area contributed by atoms with Crippen molar-refractivity contribution in [3.63, 3.8) is 0 Å². The Bertz CT molecular complexity index is 1190. The Kier molecular flexibility index (Phi) is 9.83. The molecular formula is C32H37ClN2O3. The minimum Gasteiger partial charge on any atom is -0.484 e. The molecule has 0 aromatic heterocycles. The van der Waals surface area contributed by atoms with Crippen LogP contribution in [0.1, 0.15) is 54.4 Å². The summed E-state index contributed by atoms with van der Waals surface area (Å²) in [5.74, 6) is 0.241. The summed E-state index contributed by atoms with van der Waals surface area (Å²) in [6, 6.07) is 22.8. The Morgan fingerprint density at radius 2 is 1.50 bits per heavy atom. The van der Waals surface area contributed by atoms with Crippen LogP contribution in [-0.2, 0) is 22.6 Å². The van der Waals surface area contributed by atoms with Crippen LogP contribution in [0, 0.1) is 13.8 Å². The Balaban J connectivity index is 1.60. The molecule has 2 amide bonds. The molecular weight excluding hydrogens is 496 g/mol. The van der Waals surface area contributed by atoms with E-state index in [0.717, 1.165) is 47.9 Å². The number of nitrogens with one attached hydrogen (secondary N) is 1. The highest BCUT2D eigenvalue weighted by molar-refractivity contribution is 6.32. The van der Waals surface area contributed by atoms with Gasteiger partial charge in [0, 0.05) is 24.0 Å². The molecule has 0 radical (unpaired) electrons. The number of carbonyl (C=O) groups is 2. The normalized spacial score (nSPS) is 14.5. The van der Waals surface area contributed by atoms with Crippen molar-refractivity contribution in [3.8, 4) is 5.75 Å². The van der Waals surface area contributed by atoms with Crippen LogP contribution in [0.2, 0.25) is 5.02 Å². The van der Waals surface area contributed by atoms with Crippen LogP contribution < -0.4 is 10.1 Å². The van der Waals surface area contributed by atoms with E-state index in [0.29, 0.717) is 23.7 Å². The zero-order valence-corrected chi connectivity index (χ0v) is 23.0. The SMILES string of the molecule is Cc1cc(OCC(=O)N(Cc2ccccc2)C(Cc2ccccc2)C(=O)NC2CCCCC2)cc(C)c1Cl. The van der Waals surface area contributed by atoms with E-state index in [1.54, 1.807) is 4.90 Å². The average molecular weight is 533 g/mol. The topological polar surface area (TPSA) is 58.6 Å². The number of carbonyl (C=O) groups excluding carboxylic acids is 2. The molecule has 1 aliphatic carbocycles. The lowest BCUT2D eigenvalue weighted by Gasteiger charge is -2.33. The second-order valence-electron chi connectivity index (χ2n) is 10.2. The van der Waals surface area contributed by atoms with Gasteiger partial charge in [-0.15, -0.1) is 0 Å². The molecule has 5 nitrogen and oxygen atoms in total. The third-order valence-electron chi connectivity index (χ3n) is 7.19. The van der Waals surface area contributed by atoms with E-state index in [2.05, 4.69) is 5.32 Å². The van der Waals surface area contributed by atoms with Gasteiger partial charge in [0.05, 0.1) is 0 Å². The van der Waals surface area contributed by atoms with Crippen LogP contribution in [-0.4, -0.2) is 35.4 Å². The maximum absolute atomic E-state index is 13.8. The molecule has 38 heavy (non-hydrogen) atoms. The summed E-state index contributed by atoms with van der Waals surface area (Å²) in [6.07, 6.45) is 5.84. The van der Waals surface area contributed by atoms with E-state index in [1.165, 1.54) is 6.42 Å². The summed E-state index contributed by atoms with van der Waals surface area (Å²) in [4.78, 5) is 29.3. The zero-order chi connectivity index (χ0) is 26.9. The third-order valence-corrected chi connectivity index (χ3v) is 7.79. The third kappa shape index (κ3) is 7.61. The Hall–Kier alpha value is -3.31. The zero-order valence-electron chi connectivity index (χ0n) is 22.3. The largest absolute Gasteiger partial charge is 0.484 e. The van der Waals surface area contributed by atoms with Gasteiger partial charge in [-0.3, -0.25) is 9.59 Å². The maximum atomic E-state index is 13.8. The lowest BCUT2D eigenvalue weighted by atomic mass is 9.94. The van der Waals surface area contributed by atoms with Crippen molar-refractivity contribution in [1.82, 2.24) is 10.2 Å². The predicted molar refractivity (Wildman–Crippen MR) is 152 cm³/mol. The molecule has 0 aliphatic heterocycles. The van der Waals surface area contributed by atoms with Gasteiger partial charge >= 0.3 is 0 Å². The van der Waals surface area contributed by atoms with E-state index in [1.807, 2.05) is 86.6 Å². The molecule has 6 heteroatoms. The molecule has 0 bridgehead atoms. The highest BCUT2D eigenvalue weighted by Gasteiger charge is 2.32. The summed E-state index contributed by atoms with van der Waals surface area (Å²) in [5, 5.41) is 3.96. The van der Waals surface area contributed by atoms with Gasteiger partial charge in [-0.25, -0.2) is 0 Å². The Labute approximate surface area is 231 Å². The van der Waals surface area contributed by atoms with Gasteiger partial charge < -0.3 is 15.0 Å². The van der Waals surface area contributed by atoms with Crippen LogP contribution in [0.15, 0.2) is 72.8 Å². The molecule has 1 aliphatic rings. The summed E-state index contributed by atoms with van der Waals surface area (Å²) < 4.78 is 5.95. The number of nitrogens with zero attached hydrogens (tertiary/aromatic N) is 1. The van der Waals surface area contributed by atoms with Crippen molar-refractivity contribution in [2.75, 3.05) is 6.61 Å². The number of rotatable bonds is 10. The smallest absolute Gasteiger partial charge is 0.261 e. The number of aryl methyl sites for hydroxylation is 2. The molecule has 1 saturated carbocycles. The highest BCUT2D eigenvalue weighted by atomic mass is 35.5. The van der Waals surface area contributed by atoms with Gasteiger partial charge in [0.25, 0.3) is 5.91 Å². The van der Waals surface area contributed by atoms with Crippen molar-refractivity contribution >= 4 is 23.4 Å². The van der Waals surface area contributed by atoms with Crippen molar-refractivity contribution in [2.24, 2.45) is 0 Å². The van der Waals surface area contributed by atoms with Gasteiger partial charge in [0.15, 0.2) is 6.61 Å². The summed E-state index contributed by atoms with van der Waals surface area (Å²) >= 11 is 6.31. The van der Waals surface area contributed by atoms with E-state index in [-0.39, 0.29) is 24.5 Å². The van der Waals surface area contributed by atoms with Gasteiger partial charge in [-0.1, -0.05) is 91.5 Å². The molecule has 3 aromatic rings. The first kappa shape index (κ1) is 27.7. The first-order chi connectivity index (χ1) is 18.4. The second-order valence-corrected chi connectivity index (χ2v) is 10.6. The van der Waals surface area contributed by atoms with Gasteiger partial charge in [0.1, 0.15) is 11.8 Å². The number of ether oxygens (including phenoxy) is 1. The van der Waals surface area contributed by atoms with E-state index < -0.39 is 6.04 Å². The van der Waals surface area contributed by atoms with Crippen LogP contribution in [0.5, 0.6) is 5.75 Å². The fourth-order valence-corrected chi connectivity index (χ4v) is 5.20. The van der Waals surface area contributed by atoms with Crippen LogP contribution in [0.3, 0.4) is 0 Å². The standard InChI is InChI=1S/C32H37ClN2O3/c1-23-18-28(19-24(2)31(23)33)38-22-30(36)35(21-26-14-8-4-9-15-26)29(20-25-12-6-3-7-13-25)32(37)34-27-16-10-5-11-17-27/h3-4,6-9,12-15,18-19,27,29H,5,10-11,16-17,20-22H2,1-2H3,(H,34,37). The number of benzene rings is 3. The monoisotopic (exact) mass is 532 g/mol. The number of amides is 2. The first-order valence-electron chi connectivity index (χ1n) is 13.5. The molecule has 0 heterocycles. The molecule has 4 rings (SSSR count). The lowest BCUT2D eigenvalue weighted by Crippen LogP contribution is -2.53. The molecule has 1 N–H and O–H groups in total. The van der Waals surface area contributed by atoms with Crippen molar-refractivity contribution in [2.45, 2.75) is 71.0 Å². The summed E-state index contributed by atoms with van der Waals surface area (Å²) in [7, 11) is 0. The Morgan fingerprint density at radius 3 is 2.11 bits per heavy atom. The molecule has 0 saturated heterocycles. The number of halogens is 1. The van der Waals surface area contributed by atoms with Gasteiger partial charge in [0.2, 0.25) is 5.91 Å². The first-order valence-corrected chi connectivity index (χ1v) is 13.9. The Morgan fingerprint density at radius 1 is 0.921 bits per heavy atom. The van der Waals surface area contributed by atoms with Crippen LogP contribution in [0.4, 0.5) is 0 Å². The maximum Gasteiger partial charge on any atom is 0.261 e. The number of hydrogen-bond donors (Lipinski definition) is 1. The van der Waals surface area contributed by atoms with Gasteiger partial charge in [-0.2, -0.15) is 0 Å². The molecule has 3 aromatic carbocycles. The van der Waals surface area contributed by atoms with Crippen molar-refractivity contribution in [3.05, 3.63) is 100 Å². The highest BCUT2D eigenvalue weighted by Crippen LogP contribution is 2.26. The summed E-state index contributed by atoms with van der Waals surface area (Å²) in [5.41, 5.74) is 3.75. The van der Waals surface area contributed by atoms with E-state index in [9.17, 15) is 9.59 Å². The predicted octanol–water partition coefficient (Wildman–Crippen LogP) is 6.42. The second kappa shape index (κ2) is 13.5. The van der Waals surface area contributed by atoms with Crippen molar-refractivity contribution < 1.29 is 14.3 Å². The van der Waals surface area contributed by atoms with Gasteiger partial charge in [-0.05, 0) is 61.1 Å². The average Bonchev–Trinajstić information content (AvgIpc) is 2.94. The van der Waals surface area contributed by atoms with E-state index in [4.69, 9.17) is 16.3 Å².